The first-order valence-electron chi connectivity index (χ1n) is 5.18. The molecule has 0 aromatic carbocycles. The number of hydrogen-bond acceptors (Lipinski definition) is 4. The molecule has 2 aromatic heterocycles. The second-order valence-corrected chi connectivity index (χ2v) is 5.07. The Morgan fingerprint density at radius 1 is 1.59 bits per heavy atom. The summed E-state index contributed by atoms with van der Waals surface area (Å²) in [5.74, 6) is 0.779. The minimum atomic E-state index is -0.276. The van der Waals surface area contributed by atoms with Gasteiger partial charge in [-0.2, -0.15) is 5.10 Å². The van der Waals surface area contributed by atoms with Crippen molar-refractivity contribution in [3.05, 3.63) is 22.9 Å². The molecule has 2 heterocycles. The van der Waals surface area contributed by atoms with Gasteiger partial charge in [-0.25, -0.2) is 19.3 Å². The van der Waals surface area contributed by atoms with Crippen LogP contribution in [0.4, 0.5) is 5.82 Å². The van der Waals surface area contributed by atoms with Crippen LogP contribution in [0.5, 0.6) is 0 Å². The maximum Gasteiger partial charge on any atom is 0.348 e. The van der Waals surface area contributed by atoms with Crippen LogP contribution in [0.1, 0.15) is 13.8 Å². The lowest BCUT2D eigenvalue weighted by molar-refractivity contribution is 0.546. The third-order valence-electron chi connectivity index (χ3n) is 2.87. The van der Waals surface area contributed by atoms with Crippen LogP contribution in [0.3, 0.4) is 0 Å². The molecule has 0 radical (unpaired) electrons. The van der Waals surface area contributed by atoms with Crippen LogP contribution in [0.2, 0.25) is 0 Å². The summed E-state index contributed by atoms with van der Waals surface area (Å²) in [4.78, 5) is 17.6. The average molecular weight is 300 g/mol. The minimum Gasteiger partial charge on any atom is -0.354 e. The Morgan fingerprint density at radius 2 is 2.29 bits per heavy atom. The summed E-state index contributed by atoms with van der Waals surface area (Å²) >= 11 is 3.48. The molecule has 2 aromatic rings. The van der Waals surface area contributed by atoms with Crippen molar-refractivity contribution in [1.82, 2.24) is 19.6 Å². The largest absolute Gasteiger partial charge is 0.354 e. The van der Waals surface area contributed by atoms with Gasteiger partial charge in [0.15, 0.2) is 5.65 Å². The smallest absolute Gasteiger partial charge is 0.348 e. The molecule has 0 aliphatic carbocycles. The van der Waals surface area contributed by atoms with E-state index in [9.17, 15) is 4.79 Å². The standard InChI is InChI=1S/C10H14BrN5O/c1-10(2,5-11)15(3)7-4-8-13-14-9(17)16(8)6-12-7/h4,6H,5H2,1-3H3,(H,14,17). The fraction of sp³-hybridized carbons (Fsp3) is 0.500. The van der Waals surface area contributed by atoms with E-state index in [-0.39, 0.29) is 11.2 Å². The van der Waals surface area contributed by atoms with Crippen LogP contribution >= 0.6 is 15.9 Å². The predicted molar refractivity (Wildman–Crippen MR) is 69.9 cm³/mol. The molecular formula is C10H14BrN5O. The number of nitrogens with one attached hydrogen (secondary N) is 1. The van der Waals surface area contributed by atoms with Crippen LogP contribution < -0.4 is 10.6 Å². The molecule has 2 rings (SSSR count). The quantitative estimate of drug-likeness (QED) is 0.860. The molecule has 17 heavy (non-hydrogen) atoms. The lowest BCUT2D eigenvalue weighted by Crippen LogP contribution is -2.43. The average Bonchev–Trinajstić information content (AvgIpc) is 2.69. The molecule has 0 spiro atoms. The highest BCUT2D eigenvalue weighted by atomic mass is 79.9. The van der Waals surface area contributed by atoms with E-state index in [0.717, 1.165) is 11.1 Å². The number of hydrogen-bond donors (Lipinski definition) is 1. The van der Waals surface area contributed by atoms with Gasteiger partial charge < -0.3 is 4.90 Å². The predicted octanol–water partition coefficient (Wildman–Crippen LogP) is 1.03. The summed E-state index contributed by atoms with van der Waals surface area (Å²) in [5.41, 5.74) is 0.223. The van der Waals surface area contributed by atoms with Gasteiger partial charge in [0.25, 0.3) is 0 Å². The van der Waals surface area contributed by atoms with Crippen molar-refractivity contribution in [2.24, 2.45) is 0 Å². The van der Waals surface area contributed by atoms with Gasteiger partial charge in [0, 0.05) is 24.0 Å². The van der Waals surface area contributed by atoms with Gasteiger partial charge in [-0.05, 0) is 13.8 Å². The molecule has 0 fully saturated rings. The maximum atomic E-state index is 11.3. The molecule has 0 amide bonds. The molecule has 7 heteroatoms. The van der Waals surface area contributed by atoms with E-state index in [1.165, 1.54) is 10.7 Å². The van der Waals surface area contributed by atoms with Crippen molar-refractivity contribution in [3.63, 3.8) is 0 Å². The molecule has 92 valence electrons. The lowest BCUT2D eigenvalue weighted by Gasteiger charge is -2.34. The van der Waals surface area contributed by atoms with Crippen molar-refractivity contribution in [2.75, 3.05) is 17.3 Å². The highest BCUT2D eigenvalue weighted by Crippen LogP contribution is 2.21. The van der Waals surface area contributed by atoms with Gasteiger partial charge in [-0.15, -0.1) is 0 Å². The third kappa shape index (κ3) is 2.06. The Bertz CT molecular complexity index is 588. The molecule has 0 saturated carbocycles. The SMILES string of the molecule is CN(c1cc2n[nH]c(=O)n2cn1)C(C)(C)CBr. The number of rotatable bonds is 3. The Balaban J connectivity index is 2.46. The molecule has 0 atom stereocenters. The van der Waals surface area contributed by atoms with E-state index in [1.807, 2.05) is 11.9 Å². The van der Waals surface area contributed by atoms with Crippen LogP contribution in [-0.2, 0) is 0 Å². The van der Waals surface area contributed by atoms with E-state index >= 15 is 0 Å². The topological polar surface area (TPSA) is 66.3 Å². The fourth-order valence-corrected chi connectivity index (χ4v) is 1.76. The van der Waals surface area contributed by atoms with Gasteiger partial charge in [0.05, 0.1) is 0 Å². The fourth-order valence-electron chi connectivity index (χ4n) is 1.38. The highest BCUT2D eigenvalue weighted by molar-refractivity contribution is 9.09. The molecule has 0 bridgehead atoms. The molecule has 0 aliphatic heterocycles. The summed E-state index contributed by atoms with van der Waals surface area (Å²) in [5, 5.41) is 7.12. The van der Waals surface area contributed by atoms with Crippen molar-refractivity contribution in [1.29, 1.82) is 0 Å². The summed E-state index contributed by atoms with van der Waals surface area (Å²) in [6.45, 7) is 4.20. The molecule has 0 saturated heterocycles. The lowest BCUT2D eigenvalue weighted by atomic mass is 10.1. The number of aromatic nitrogens is 4. The van der Waals surface area contributed by atoms with Crippen LogP contribution in [0.15, 0.2) is 17.2 Å². The number of anilines is 1. The molecule has 6 nitrogen and oxygen atoms in total. The summed E-state index contributed by atoms with van der Waals surface area (Å²) in [7, 11) is 1.96. The van der Waals surface area contributed by atoms with Gasteiger partial charge >= 0.3 is 5.69 Å². The van der Waals surface area contributed by atoms with Crippen LogP contribution in [0.25, 0.3) is 5.65 Å². The van der Waals surface area contributed by atoms with E-state index in [1.54, 1.807) is 6.07 Å². The number of nitrogens with zero attached hydrogens (tertiary/aromatic N) is 4. The van der Waals surface area contributed by atoms with Gasteiger partial charge in [0.1, 0.15) is 12.1 Å². The van der Waals surface area contributed by atoms with Crippen molar-refractivity contribution in [3.8, 4) is 0 Å². The molecule has 0 unspecified atom stereocenters. The second kappa shape index (κ2) is 4.14. The summed E-state index contributed by atoms with van der Waals surface area (Å²) in [6.07, 6.45) is 1.48. The summed E-state index contributed by atoms with van der Waals surface area (Å²) in [6, 6.07) is 1.78. The van der Waals surface area contributed by atoms with Crippen molar-refractivity contribution < 1.29 is 0 Å². The zero-order chi connectivity index (χ0) is 12.6. The molecular weight excluding hydrogens is 286 g/mol. The number of H-pyrrole nitrogens is 1. The highest BCUT2D eigenvalue weighted by Gasteiger charge is 2.23. The first kappa shape index (κ1) is 12.1. The van der Waals surface area contributed by atoms with Crippen LogP contribution in [-0.4, -0.2) is 37.5 Å². The zero-order valence-corrected chi connectivity index (χ0v) is 11.5. The van der Waals surface area contributed by atoms with E-state index < -0.39 is 0 Å². The van der Waals surface area contributed by atoms with Gasteiger partial charge in [-0.1, -0.05) is 15.9 Å². The van der Waals surface area contributed by atoms with E-state index in [0.29, 0.717) is 5.65 Å². The third-order valence-corrected chi connectivity index (χ3v) is 4.25. The molecule has 1 N–H and O–H groups in total. The minimum absolute atomic E-state index is 0.0675. The van der Waals surface area contributed by atoms with Gasteiger partial charge in [-0.3, -0.25) is 0 Å². The zero-order valence-electron chi connectivity index (χ0n) is 9.94. The normalized spacial score (nSPS) is 12.0. The number of alkyl halides is 1. The number of fused-ring (bicyclic) bond motifs is 1. The van der Waals surface area contributed by atoms with E-state index in [2.05, 4.69) is 45.0 Å². The first-order valence-corrected chi connectivity index (χ1v) is 6.30. The summed E-state index contributed by atoms with van der Waals surface area (Å²) < 4.78 is 1.37. The van der Waals surface area contributed by atoms with E-state index in [4.69, 9.17) is 0 Å². The van der Waals surface area contributed by atoms with Crippen molar-refractivity contribution >= 4 is 27.4 Å². The Morgan fingerprint density at radius 3 is 2.94 bits per heavy atom. The maximum absolute atomic E-state index is 11.3. The monoisotopic (exact) mass is 299 g/mol. The Kier molecular flexibility index (Phi) is 2.94. The number of halogens is 1. The second-order valence-electron chi connectivity index (χ2n) is 4.51. The Labute approximate surface area is 107 Å². The Hall–Kier alpha value is -1.37. The van der Waals surface area contributed by atoms with Gasteiger partial charge in [0.2, 0.25) is 0 Å². The van der Waals surface area contributed by atoms with Crippen LogP contribution in [0, 0.1) is 0 Å². The van der Waals surface area contributed by atoms with Crippen molar-refractivity contribution in [2.45, 2.75) is 19.4 Å². The molecule has 0 aliphatic rings. The number of aromatic amines is 1. The first-order chi connectivity index (χ1) is 7.95.